The van der Waals surface area contributed by atoms with Crippen LogP contribution in [0.4, 0.5) is 0 Å². The normalized spacial score (nSPS) is 9.50. The van der Waals surface area contributed by atoms with Gasteiger partial charge in [0, 0.05) is 0 Å². The second-order valence-electron chi connectivity index (χ2n) is 2.65. The maximum absolute atomic E-state index is 8.87. The van der Waals surface area contributed by atoms with E-state index in [-0.39, 0.29) is 6.61 Å². The van der Waals surface area contributed by atoms with Crippen molar-refractivity contribution >= 4 is 6.08 Å². The molecule has 0 radical (unpaired) electrons. The predicted octanol–water partition coefficient (Wildman–Crippen LogP) is 1.78. The van der Waals surface area contributed by atoms with Crippen LogP contribution >= 0.6 is 0 Å². The smallest absolute Gasteiger partial charge is 0.145 e. The van der Waals surface area contributed by atoms with E-state index in [4.69, 9.17) is 9.84 Å². The SMILES string of the molecule is C=CCOc1ccc(CO)nc1C=C. The molecule has 1 aromatic heterocycles. The summed E-state index contributed by atoms with van der Waals surface area (Å²) in [4.78, 5) is 4.14. The monoisotopic (exact) mass is 191 g/mol. The number of aliphatic hydroxyl groups is 1. The molecule has 3 nitrogen and oxygen atoms in total. The average Bonchev–Trinajstić information content (AvgIpc) is 2.26. The molecule has 0 bridgehead atoms. The molecule has 1 heterocycles. The number of nitrogens with zero attached hydrogens (tertiary/aromatic N) is 1. The highest BCUT2D eigenvalue weighted by atomic mass is 16.5. The molecular formula is C11H13NO2. The van der Waals surface area contributed by atoms with Gasteiger partial charge in [0.05, 0.1) is 12.3 Å². The third-order valence-corrected chi connectivity index (χ3v) is 1.66. The first-order chi connectivity index (χ1) is 6.81. The molecule has 0 atom stereocenters. The minimum absolute atomic E-state index is 0.0808. The van der Waals surface area contributed by atoms with E-state index < -0.39 is 0 Å². The van der Waals surface area contributed by atoms with Crippen molar-refractivity contribution in [3.63, 3.8) is 0 Å². The zero-order valence-corrected chi connectivity index (χ0v) is 7.94. The van der Waals surface area contributed by atoms with Crippen LogP contribution in [0, 0.1) is 0 Å². The van der Waals surface area contributed by atoms with Gasteiger partial charge in [0.1, 0.15) is 18.1 Å². The van der Waals surface area contributed by atoms with Crippen LogP contribution in [0.1, 0.15) is 11.4 Å². The molecular weight excluding hydrogens is 178 g/mol. The number of aliphatic hydroxyl groups excluding tert-OH is 1. The van der Waals surface area contributed by atoms with Crippen molar-refractivity contribution in [3.05, 3.63) is 42.8 Å². The third-order valence-electron chi connectivity index (χ3n) is 1.66. The van der Waals surface area contributed by atoms with Crippen molar-refractivity contribution < 1.29 is 9.84 Å². The maximum atomic E-state index is 8.87. The Labute approximate surface area is 83.4 Å². The molecule has 0 saturated heterocycles. The van der Waals surface area contributed by atoms with Gasteiger partial charge in [-0.15, -0.1) is 0 Å². The summed E-state index contributed by atoms with van der Waals surface area (Å²) in [6.45, 7) is 7.53. The zero-order valence-electron chi connectivity index (χ0n) is 7.94. The molecule has 0 aliphatic heterocycles. The summed E-state index contributed by atoms with van der Waals surface area (Å²) in [5, 5.41) is 8.87. The largest absolute Gasteiger partial charge is 0.487 e. The Morgan fingerprint density at radius 3 is 2.79 bits per heavy atom. The Kier molecular flexibility index (Phi) is 3.88. The Morgan fingerprint density at radius 1 is 1.43 bits per heavy atom. The molecule has 0 aliphatic carbocycles. The number of pyridine rings is 1. The summed E-state index contributed by atoms with van der Waals surface area (Å²) < 4.78 is 5.34. The lowest BCUT2D eigenvalue weighted by atomic mass is 10.3. The first-order valence-corrected chi connectivity index (χ1v) is 4.28. The Hall–Kier alpha value is -1.61. The average molecular weight is 191 g/mol. The molecule has 0 spiro atoms. The summed E-state index contributed by atoms with van der Waals surface area (Å²) >= 11 is 0. The van der Waals surface area contributed by atoms with E-state index >= 15 is 0 Å². The molecule has 0 saturated carbocycles. The minimum atomic E-state index is -0.0808. The molecule has 0 aromatic carbocycles. The highest BCUT2D eigenvalue weighted by Crippen LogP contribution is 2.18. The Bertz CT molecular complexity index is 334. The van der Waals surface area contributed by atoms with Crippen molar-refractivity contribution in [2.75, 3.05) is 6.61 Å². The van der Waals surface area contributed by atoms with Gasteiger partial charge in [-0.25, -0.2) is 4.98 Å². The van der Waals surface area contributed by atoms with Gasteiger partial charge in [-0.3, -0.25) is 0 Å². The van der Waals surface area contributed by atoms with E-state index in [1.165, 1.54) is 0 Å². The lowest BCUT2D eigenvalue weighted by Crippen LogP contribution is -1.99. The minimum Gasteiger partial charge on any atom is -0.487 e. The molecule has 1 rings (SSSR count). The number of aromatic nitrogens is 1. The molecule has 14 heavy (non-hydrogen) atoms. The highest BCUT2D eigenvalue weighted by Gasteiger charge is 2.02. The van der Waals surface area contributed by atoms with E-state index in [9.17, 15) is 0 Å². The molecule has 1 N–H and O–H groups in total. The van der Waals surface area contributed by atoms with Gasteiger partial charge >= 0.3 is 0 Å². The molecule has 0 aliphatic rings. The van der Waals surface area contributed by atoms with Gasteiger partial charge in [-0.2, -0.15) is 0 Å². The van der Waals surface area contributed by atoms with Crippen LogP contribution in [0.3, 0.4) is 0 Å². The third kappa shape index (κ3) is 2.44. The highest BCUT2D eigenvalue weighted by molar-refractivity contribution is 5.51. The number of hydrogen-bond acceptors (Lipinski definition) is 3. The number of hydrogen-bond donors (Lipinski definition) is 1. The van der Waals surface area contributed by atoms with Gasteiger partial charge < -0.3 is 9.84 Å². The second-order valence-corrected chi connectivity index (χ2v) is 2.65. The van der Waals surface area contributed by atoms with E-state index in [1.54, 1.807) is 24.3 Å². The van der Waals surface area contributed by atoms with Crippen molar-refractivity contribution in [3.8, 4) is 5.75 Å². The number of rotatable bonds is 5. The lowest BCUT2D eigenvalue weighted by Gasteiger charge is -2.07. The first-order valence-electron chi connectivity index (χ1n) is 4.28. The summed E-state index contributed by atoms with van der Waals surface area (Å²) in [6, 6.07) is 3.48. The van der Waals surface area contributed by atoms with Crippen molar-refractivity contribution in [1.29, 1.82) is 0 Å². The van der Waals surface area contributed by atoms with Crippen LogP contribution in [-0.4, -0.2) is 16.7 Å². The fourth-order valence-corrected chi connectivity index (χ4v) is 1.01. The van der Waals surface area contributed by atoms with Gasteiger partial charge in [0.2, 0.25) is 0 Å². The van der Waals surface area contributed by atoms with Crippen molar-refractivity contribution in [2.24, 2.45) is 0 Å². The fraction of sp³-hybridized carbons (Fsp3) is 0.182. The van der Waals surface area contributed by atoms with Crippen LogP contribution in [0.2, 0.25) is 0 Å². The predicted molar refractivity (Wildman–Crippen MR) is 55.9 cm³/mol. The van der Waals surface area contributed by atoms with E-state index in [0.717, 1.165) is 0 Å². The molecule has 0 fully saturated rings. The Morgan fingerprint density at radius 2 is 2.21 bits per heavy atom. The topological polar surface area (TPSA) is 42.4 Å². The van der Waals surface area contributed by atoms with Crippen LogP contribution in [-0.2, 0) is 6.61 Å². The van der Waals surface area contributed by atoms with Crippen LogP contribution in [0.15, 0.2) is 31.4 Å². The molecule has 3 heteroatoms. The van der Waals surface area contributed by atoms with Crippen LogP contribution in [0.5, 0.6) is 5.75 Å². The summed E-state index contributed by atoms with van der Waals surface area (Å²) in [7, 11) is 0. The van der Waals surface area contributed by atoms with E-state index in [2.05, 4.69) is 18.1 Å². The van der Waals surface area contributed by atoms with E-state index in [0.29, 0.717) is 23.7 Å². The van der Waals surface area contributed by atoms with Gasteiger partial charge in [0.15, 0.2) is 0 Å². The second kappa shape index (κ2) is 5.19. The molecule has 0 amide bonds. The summed E-state index contributed by atoms with van der Waals surface area (Å²) in [6.07, 6.45) is 3.25. The lowest BCUT2D eigenvalue weighted by molar-refractivity contribution is 0.276. The van der Waals surface area contributed by atoms with Crippen molar-refractivity contribution in [2.45, 2.75) is 6.61 Å². The zero-order chi connectivity index (χ0) is 10.4. The number of ether oxygens (including phenoxy) is 1. The molecule has 74 valence electrons. The quantitative estimate of drug-likeness (QED) is 0.721. The molecule has 0 unspecified atom stereocenters. The fourth-order valence-electron chi connectivity index (χ4n) is 1.01. The van der Waals surface area contributed by atoms with Crippen LogP contribution in [0.25, 0.3) is 6.08 Å². The van der Waals surface area contributed by atoms with Crippen molar-refractivity contribution in [1.82, 2.24) is 4.98 Å². The Balaban J connectivity index is 2.92. The van der Waals surface area contributed by atoms with Gasteiger partial charge in [0.25, 0.3) is 0 Å². The summed E-state index contributed by atoms with van der Waals surface area (Å²) in [5.41, 5.74) is 1.24. The first kappa shape index (κ1) is 10.5. The maximum Gasteiger partial charge on any atom is 0.145 e. The van der Waals surface area contributed by atoms with Gasteiger partial charge in [-0.05, 0) is 18.2 Å². The summed E-state index contributed by atoms with van der Waals surface area (Å²) in [5.74, 6) is 0.650. The van der Waals surface area contributed by atoms with Gasteiger partial charge in [-0.1, -0.05) is 19.2 Å². The van der Waals surface area contributed by atoms with E-state index in [1.807, 2.05) is 0 Å². The standard InChI is InChI=1S/C11H13NO2/c1-3-7-14-11-6-5-9(8-13)12-10(11)4-2/h3-6,13H,1-2,7-8H2. The van der Waals surface area contributed by atoms with Crippen LogP contribution < -0.4 is 4.74 Å². The molecule has 1 aromatic rings.